The fourth-order valence-corrected chi connectivity index (χ4v) is 3.97. The number of thiazole rings is 1. The minimum atomic E-state index is -1.06. The van der Waals surface area contributed by atoms with Crippen molar-refractivity contribution < 1.29 is 19.1 Å². The molecule has 0 aliphatic heterocycles. The molecule has 0 fully saturated rings. The van der Waals surface area contributed by atoms with Crippen molar-refractivity contribution in [1.82, 2.24) is 4.98 Å². The Morgan fingerprint density at radius 2 is 1.60 bits per heavy atom. The highest BCUT2D eigenvalue weighted by atomic mass is 32.2. The summed E-state index contributed by atoms with van der Waals surface area (Å²) in [5.41, 5.74) is 0.847. The van der Waals surface area contributed by atoms with E-state index >= 15 is 0 Å². The molecule has 1 heterocycles. The number of carbonyl (C=O) groups is 2. The Morgan fingerprint density at radius 1 is 1.04 bits per heavy atom. The maximum absolute atomic E-state index is 12.4. The number of ether oxygens (including phenoxy) is 2. The van der Waals surface area contributed by atoms with Gasteiger partial charge in [0, 0.05) is 0 Å². The molecule has 0 atom stereocenters. The summed E-state index contributed by atoms with van der Waals surface area (Å²) in [7, 11) is 0. The van der Waals surface area contributed by atoms with Crippen LogP contribution >= 0.6 is 23.1 Å². The van der Waals surface area contributed by atoms with Crippen LogP contribution in [0.3, 0.4) is 0 Å². The molecule has 0 N–H and O–H groups in total. The van der Waals surface area contributed by atoms with Crippen molar-refractivity contribution in [2.75, 3.05) is 13.2 Å². The molecule has 25 heavy (non-hydrogen) atoms. The maximum Gasteiger partial charge on any atom is 0.331 e. The molecule has 0 spiro atoms. The van der Waals surface area contributed by atoms with Gasteiger partial charge >= 0.3 is 11.9 Å². The number of para-hydroxylation sites is 1. The van der Waals surface area contributed by atoms with Crippen molar-refractivity contribution in [1.29, 1.82) is 0 Å². The van der Waals surface area contributed by atoms with Gasteiger partial charge in [-0.15, -0.1) is 11.3 Å². The third-order valence-electron chi connectivity index (χ3n) is 3.04. The molecule has 0 radical (unpaired) electrons. The Labute approximate surface area is 156 Å². The molecule has 0 saturated heterocycles. The number of carbonyl (C=O) groups excluding carboxylic acids is 2. The third-order valence-corrected chi connectivity index (χ3v) is 5.32. The van der Waals surface area contributed by atoms with Gasteiger partial charge in [0.15, 0.2) is 4.34 Å². The van der Waals surface area contributed by atoms with Crippen molar-refractivity contribution in [3.63, 3.8) is 0 Å². The van der Waals surface area contributed by atoms with Crippen molar-refractivity contribution in [2.24, 2.45) is 11.8 Å². The minimum Gasteiger partial charge on any atom is -0.464 e. The Hall–Kier alpha value is -1.60. The number of aromatic nitrogens is 1. The van der Waals surface area contributed by atoms with Gasteiger partial charge in [0.25, 0.3) is 0 Å². The third kappa shape index (κ3) is 6.01. The van der Waals surface area contributed by atoms with Crippen LogP contribution in [-0.2, 0) is 19.1 Å². The normalized spacial score (nSPS) is 11.5. The van der Waals surface area contributed by atoms with Gasteiger partial charge in [-0.3, -0.25) is 9.59 Å². The van der Waals surface area contributed by atoms with Crippen molar-refractivity contribution in [2.45, 2.75) is 37.3 Å². The van der Waals surface area contributed by atoms with Gasteiger partial charge in [-0.05, 0) is 24.0 Å². The van der Waals surface area contributed by atoms with Gasteiger partial charge < -0.3 is 9.47 Å². The van der Waals surface area contributed by atoms with Crippen LogP contribution < -0.4 is 0 Å². The highest BCUT2D eigenvalue weighted by molar-refractivity contribution is 8.03. The van der Waals surface area contributed by atoms with E-state index in [1.165, 1.54) is 11.3 Å². The lowest BCUT2D eigenvalue weighted by molar-refractivity contribution is -0.154. The average molecular weight is 382 g/mol. The molecule has 0 bridgehead atoms. The van der Waals surface area contributed by atoms with Crippen LogP contribution in [0.4, 0.5) is 0 Å². The predicted octanol–water partition coefficient (Wildman–Crippen LogP) is 4.16. The standard InChI is InChI=1S/C18H23NO4S2/c1-11(2)9-22-16(20)15(17(21)23-10-12(3)4)25-18-19-13-7-5-6-8-14(13)24-18/h5-8,11-12,15H,9-10H2,1-4H3. The summed E-state index contributed by atoms with van der Waals surface area (Å²) in [6.07, 6.45) is 0. The average Bonchev–Trinajstić information content (AvgIpc) is 2.97. The topological polar surface area (TPSA) is 65.5 Å². The van der Waals surface area contributed by atoms with Crippen LogP contribution in [0.1, 0.15) is 27.7 Å². The molecule has 0 amide bonds. The quantitative estimate of drug-likeness (QED) is 0.389. The van der Waals surface area contributed by atoms with Gasteiger partial charge in [0.05, 0.1) is 23.4 Å². The van der Waals surface area contributed by atoms with E-state index in [1.807, 2.05) is 52.0 Å². The van der Waals surface area contributed by atoms with E-state index in [-0.39, 0.29) is 25.0 Å². The lowest BCUT2D eigenvalue weighted by atomic mass is 10.2. The Kier molecular flexibility index (Phi) is 7.25. The summed E-state index contributed by atoms with van der Waals surface area (Å²) < 4.78 is 12.2. The molecule has 5 nitrogen and oxygen atoms in total. The molecule has 0 aliphatic carbocycles. The van der Waals surface area contributed by atoms with E-state index in [0.29, 0.717) is 4.34 Å². The summed E-state index contributed by atoms with van der Waals surface area (Å²) in [4.78, 5) is 29.2. The van der Waals surface area contributed by atoms with Crippen LogP contribution in [0.2, 0.25) is 0 Å². The molecule has 1 aromatic heterocycles. The summed E-state index contributed by atoms with van der Waals surface area (Å²) in [5.74, 6) is -0.758. The second-order valence-electron chi connectivity index (χ2n) is 6.49. The van der Waals surface area contributed by atoms with E-state index in [0.717, 1.165) is 22.0 Å². The summed E-state index contributed by atoms with van der Waals surface area (Å²) in [6.45, 7) is 8.32. The fraction of sp³-hybridized carbons (Fsp3) is 0.500. The summed E-state index contributed by atoms with van der Waals surface area (Å²) in [6, 6.07) is 7.70. The number of benzene rings is 1. The SMILES string of the molecule is CC(C)COC(=O)C(Sc1nc2ccccc2s1)C(=O)OCC(C)C. The van der Waals surface area contributed by atoms with Crippen molar-refractivity contribution in [3.8, 4) is 0 Å². The molecule has 1 aromatic carbocycles. The van der Waals surface area contributed by atoms with E-state index in [9.17, 15) is 9.59 Å². The summed E-state index contributed by atoms with van der Waals surface area (Å²) in [5, 5.41) is -1.06. The molecule has 0 saturated carbocycles. The Morgan fingerprint density at radius 3 is 2.12 bits per heavy atom. The molecular weight excluding hydrogens is 358 g/mol. The van der Waals surface area contributed by atoms with Gasteiger partial charge in [-0.1, -0.05) is 51.6 Å². The van der Waals surface area contributed by atoms with Crippen LogP contribution in [0.25, 0.3) is 10.2 Å². The highest BCUT2D eigenvalue weighted by Crippen LogP contribution is 2.33. The van der Waals surface area contributed by atoms with Crippen LogP contribution in [0.5, 0.6) is 0 Å². The molecule has 0 unspecified atom stereocenters. The molecule has 2 rings (SSSR count). The van der Waals surface area contributed by atoms with Gasteiger partial charge in [-0.2, -0.15) is 0 Å². The second-order valence-corrected chi connectivity index (χ2v) is 8.88. The smallest absolute Gasteiger partial charge is 0.331 e. The number of hydrogen-bond donors (Lipinski definition) is 0. The van der Waals surface area contributed by atoms with Crippen LogP contribution in [-0.4, -0.2) is 35.4 Å². The molecule has 136 valence electrons. The summed E-state index contributed by atoms with van der Waals surface area (Å²) >= 11 is 2.54. The predicted molar refractivity (Wildman–Crippen MR) is 101 cm³/mol. The Bertz CT molecular complexity index is 670. The van der Waals surface area contributed by atoms with Gasteiger partial charge in [-0.25, -0.2) is 4.98 Å². The molecule has 2 aromatic rings. The zero-order chi connectivity index (χ0) is 18.4. The number of fused-ring (bicyclic) bond motifs is 1. The minimum absolute atomic E-state index is 0.198. The van der Waals surface area contributed by atoms with E-state index in [1.54, 1.807) is 0 Å². The Balaban J connectivity index is 2.14. The van der Waals surface area contributed by atoms with Crippen molar-refractivity contribution in [3.05, 3.63) is 24.3 Å². The van der Waals surface area contributed by atoms with E-state index in [4.69, 9.17) is 9.47 Å². The van der Waals surface area contributed by atoms with Gasteiger partial charge in [0.1, 0.15) is 0 Å². The maximum atomic E-state index is 12.4. The number of thioether (sulfide) groups is 1. The van der Waals surface area contributed by atoms with Crippen LogP contribution in [0.15, 0.2) is 28.6 Å². The molecule has 0 aliphatic rings. The number of rotatable bonds is 8. The van der Waals surface area contributed by atoms with Crippen molar-refractivity contribution >= 4 is 45.3 Å². The first-order valence-corrected chi connectivity index (χ1v) is 9.92. The lowest BCUT2D eigenvalue weighted by Crippen LogP contribution is -2.32. The zero-order valence-corrected chi connectivity index (χ0v) is 16.5. The first-order valence-electron chi connectivity index (χ1n) is 8.22. The second kappa shape index (κ2) is 9.20. The fourth-order valence-electron chi connectivity index (χ4n) is 1.84. The van der Waals surface area contributed by atoms with Crippen LogP contribution in [0, 0.1) is 11.8 Å². The number of nitrogens with zero attached hydrogens (tertiary/aromatic N) is 1. The monoisotopic (exact) mass is 381 g/mol. The van der Waals surface area contributed by atoms with E-state index < -0.39 is 17.2 Å². The zero-order valence-electron chi connectivity index (χ0n) is 14.9. The lowest BCUT2D eigenvalue weighted by Gasteiger charge is -2.15. The number of hydrogen-bond acceptors (Lipinski definition) is 7. The van der Waals surface area contributed by atoms with E-state index in [2.05, 4.69) is 4.98 Å². The first kappa shape index (κ1) is 19.7. The van der Waals surface area contributed by atoms with Gasteiger partial charge in [0.2, 0.25) is 5.25 Å². The molecule has 7 heteroatoms. The molecular formula is C18H23NO4S2. The first-order chi connectivity index (χ1) is 11.9. The highest BCUT2D eigenvalue weighted by Gasteiger charge is 2.32. The largest absolute Gasteiger partial charge is 0.464 e. The number of esters is 2.